The Hall–Kier alpha value is 0.620. The Labute approximate surface area is 124 Å². The Morgan fingerprint density at radius 2 is 1.42 bits per heavy atom. The van der Waals surface area contributed by atoms with Gasteiger partial charge in [-0.2, -0.15) is 0 Å². The summed E-state index contributed by atoms with van der Waals surface area (Å²) in [7, 11) is -3.09. The number of hydrogen-bond donors (Lipinski definition) is 0. The fraction of sp³-hybridized carbons (Fsp3) is 0.778. The predicted octanol–water partition coefficient (Wildman–Crippen LogP) is 3.94. The molecule has 116 valence electrons. The van der Waals surface area contributed by atoms with E-state index < -0.39 is 15.2 Å². The highest BCUT2D eigenvalue weighted by Crippen LogP contribution is 2.48. The lowest BCUT2D eigenvalue weighted by Gasteiger charge is -2.12. The summed E-state index contributed by atoms with van der Waals surface area (Å²) in [6.07, 6.45) is 0. The van der Waals surface area contributed by atoms with Gasteiger partial charge in [-0.15, -0.1) is 23.2 Å². The normalized spacial score (nSPS) is 11.6. The van der Waals surface area contributed by atoms with Crippen LogP contribution in [0.15, 0.2) is 12.4 Å². The Balaban J connectivity index is 0. The number of alkyl halides is 2. The van der Waals surface area contributed by atoms with Gasteiger partial charge in [0.15, 0.2) is 0 Å². The molecule has 0 rings (SSSR count). The minimum atomic E-state index is -3.14. The SMILES string of the molecule is C=CP(=O)(OCCCl)OCCCl.COP(C)(=O)OC. The van der Waals surface area contributed by atoms with Gasteiger partial charge >= 0.3 is 15.2 Å². The van der Waals surface area contributed by atoms with Crippen molar-refractivity contribution in [1.29, 1.82) is 0 Å². The fourth-order valence-electron chi connectivity index (χ4n) is 0.541. The summed E-state index contributed by atoms with van der Waals surface area (Å²) in [5.74, 6) is 1.68. The zero-order valence-corrected chi connectivity index (χ0v) is 14.5. The molecule has 0 saturated carbocycles. The molecule has 0 fully saturated rings. The van der Waals surface area contributed by atoms with E-state index >= 15 is 0 Å². The van der Waals surface area contributed by atoms with Crippen LogP contribution in [-0.4, -0.2) is 45.9 Å². The van der Waals surface area contributed by atoms with Crippen LogP contribution in [0.3, 0.4) is 0 Å². The first-order valence-electron chi connectivity index (χ1n) is 5.14. The molecule has 0 bridgehead atoms. The van der Waals surface area contributed by atoms with Crippen LogP contribution in [0.1, 0.15) is 0 Å². The summed E-state index contributed by atoms with van der Waals surface area (Å²) in [4.78, 5) is 0. The second-order valence-electron chi connectivity index (χ2n) is 2.90. The maximum Gasteiger partial charge on any atom is 0.353 e. The van der Waals surface area contributed by atoms with Gasteiger partial charge in [0, 0.05) is 38.5 Å². The van der Waals surface area contributed by atoms with E-state index in [1.807, 2.05) is 0 Å². The Morgan fingerprint density at radius 1 is 1.05 bits per heavy atom. The molecule has 0 aromatic rings. The van der Waals surface area contributed by atoms with Gasteiger partial charge in [-0.05, 0) is 0 Å². The monoisotopic (exact) mass is 356 g/mol. The van der Waals surface area contributed by atoms with Crippen molar-refractivity contribution in [3.63, 3.8) is 0 Å². The second-order valence-corrected chi connectivity index (χ2v) is 7.89. The van der Waals surface area contributed by atoms with Crippen molar-refractivity contribution < 1.29 is 27.2 Å². The summed E-state index contributed by atoms with van der Waals surface area (Å²) in [6, 6.07) is 0. The minimum absolute atomic E-state index is 0.174. The van der Waals surface area contributed by atoms with Crippen molar-refractivity contribution in [3.8, 4) is 0 Å². The highest BCUT2D eigenvalue weighted by molar-refractivity contribution is 7.57. The molecule has 0 aliphatic rings. The quantitative estimate of drug-likeness (QED) is 0.460. The lowest BCUT2D eigenvalue weighted by molar-refractivity contribution is 0.231. The van der Waals surface area contributed by atoms with E-state index in [4.69, 9.17) is 32.2 Å². The molecule has 0 amide bonds. The first-order chi connectivity index (χ1) is 8.80. The van der Waals surface area contributed by atoms with Crippen molar-refractivity contribution in [2.45, 2.75) is 0 Å². The highest BCUT2D eigenvalue weighted by atomic mass is 35.5. The molecule has 0 radical (unpaired) electrons. The Morgan fingerprint density at radius 3 is 1.58 bits per heavy atom. The lowest BCUT2D eigenvalue weighted by Crippen LogP contribution is -1.98. The smallest absolute Gasteiger partial charge is 0.312 e. The Kier molecular flexibility index (Phi) is 14.3. The standard InChI is InChI=1S/C6H11Cl2O3P.C3H9O3P/c1-2-12(9,10-5-3-7)11-6-4-8;1-5-7(3,4)6-2/h2H,1,3-6H2;1-3H3. The van der Waals surface area contributed by atoms with Crippen molar-refractivity contribution in [2.24, 2.45) is 0 Å². The molecule has 0 unspecified atom stereocenters. The maximum absolute atomic E-state index is 11.4. The molecule has 0 N–H and O–H groups in total. The zero-order valence-electron chi connectivity index (χ0n) is 11.2. The van der Waals surface area contributed by atoms with Crippen molar-refractivity contribution in [3.05, 3.63) is 12.4 Å². The largest absolute Gasteiger partial charge is 0.353 e. The lowest BCUT2D eigenvalue weighted by atomic mass is 10.9. The van der Waals surface area contributed by atoms with Gasteiger partial charge in [-0.25, -0.2) is 0 Å². The van der Waals surface area contributed by atoms with Gasteiger partial charge in [-0.3, -0.25) is 9.13 Å². The molecule has 6 nitrogen and oxygen atoms in total. The number of rotatable bonds is 9. The zero-order chi connectivity index (χ0) is 15.4. The molecule has 0 saturated heterocycles. The summed E-state index contributed by atoms with van der Waals surface area (Å²) < 4.78 is 40.5. The number of halogens is 2. The topological polar surface area (TPSA) is 71.1 Å². The van der Waals surface area contributed by atoms with E-state index in [1.54, 1.807) is 0 Å². The second kappa shape index (κ2) is 12.4. The van der Waals surface area contributed by atoms with E-state index in [9.17, 15) is 9.13 Å². The minimum Gasteiger partial charge on any atom is -0.312 e. The third-order valence-corrected chi connectivity index (χ3v) is 4.75. The van der Waals surface area contributed by atoms with Gasteiger partial charge in [-0.1, -0.05) is 6.58 Å². The molecule has 10 heteroatoms. The fourth-order valence-corrected chi connectivity index (χ4v) is 2.04. The summed E-state index contributed by atoms with van der Waals surface area (Å²) >= 11 is 10.7. The van der Waals surface area contributed by atoms with E-state index in [2.05, 4.69) is 15.6 Å². The van der Waals surface area contributed by atoms with Crippen molar-refractivity contribution >= 4 is 38.4 Å². The van der Waals surface area contributed by atoms with E-state index in [-0.39, 0.29) is 25.0 Å². The van der Waals surface area contributed by atoms with E-state index in [0.29, 0.717) is 0 Å². The predicted molar refractivity (Wildman–Crippen MR) is 78.7 cm³/mol. The van der Waals surface area contributed by atoms with Gasteiger partial charge in [0.2, 0.25) is 0 Å². The summed E-state index contributed by atoms with van der Waals surface area (Å²) in [6.45, 7) is 5.10. The van der Waals surface area contributed by atoms with Crippen LogP contribution in [-0.2, 0) is 27.2 Å². The molecule has 19 heavy (non-hydrogen) atoms. The van der Waals surface area contributed by atoms with Gasteiger partial charge in [0.1, 0.15) is 0 Å². The molecule has 0 heterocycles. The third-order valence-electron chi connectivity index (χ3n) is 1.58. The van der Waals surface area contributed by atoms with E-state index in [1.165, 1.54) is 20.9 Å². The van der Waals surface area contributed by atoms with Crippen LogP contribution in [0.4, 0.5) is 0 Å². The summed E-state index contributed by atoms with van der Waals surface area (Å²) in [5.41, 5.74) is 0. The van der Waals surface area contributed by atoms with Crippen LogP contribution >= 0.6 is 38.4 Å². The number of hydrogen-bond acceptors (Lipinski definition) is 6. The van der Waals surface area contributed by atoms with E-state index in [0.717, 1.165) is 5.82 Å². The summed E-state index contributed by atoms with van der Waals surface area (Å²) in [5, 5.41) is 0. The average Bonchev–Trinajstić information content (AvgIpc) is 2.43. The van der Waals surface area contributed by atoms with Crippen molar-refractivity contribution in [2.75, 3.05) is 45.9 Å². The van der Waals surface area contributed by atoms with Crippen LogP contribution < -0.4 is 0 Å². The molecule has 0 atom stereocenters. The van der Waals surface area contributed by atoms with Crippen molar-refractivity contribution in [1.82, 2.24) is 0 Å². The van der Waals surface area contributed by atoms with Crippen LogP contribution in [0.25, 0.3) is 0 Å². The van der Waals surface area contributed by atoms with Gasteiger partial charge in [0.05, 0.1) is 13.2 Å². The molecule has 0 aromatic heterocycles. The molecule has 0 aliphatic carbocycles. The van der Waals surface area contributed by atoms with Crippen LogP contribution in [0.2, 0.25) is 0 Å². The first-order valence-corrected chi connectivity index (χ1v) is 9.81. The molecular weight excluding hydrogens is 337 g/mol. The molecule has 0 aliphatic heterocycles. The molecule has 0 aromatic carbocycles. The Bertz CT molecular complexity index is 306. The maximum atomic E-state index is 11.4. The first kappa shape index (κ1) is 21.9. The molecular formula is C9H20Cl2O6P2. The van der Waals surface area contributed by atoms with Crippen LogP contribution in [0, 0.1) is 0 Å². The molecule has 0 spiro atoms. The average molecular weight is 357 g/mol. The van der Waals surface area contributed by atoms with Gasteiger partial charge in [0.25, 0.3) is 0 Å². The highest BCUT2D eigenvalue weighted by Gasteiger charge is 2.18. The third kappa shape index (κ3) is 13.4. The van der Waals surface area contributed by atoms with Crippen LogP contribution in [0.5, 0.6) is 0 Å². The van der Waals surface area contributed by atoms with Gasteiger partial charge < -0.3 is 18.1 Å².